The quantitative estimate of drug-likeness (QED) is 0.0664. The van der Waals surface area contributed by atoms with Crippen molar-refractivity contribution < 1.29 is 23.7 Å². The van der Waals surface area contributed by atoms with Crippen LogP contribution in [0.3, 0.4) is 0 Å². The van der Waals surface area contributed by atoms with Crippen molar-refractivity contribution in [1.82, 2.24) is 15.5 Å². The van der Waals surface area contributed by atoms with E-state index in [1.165, 1.54) is 6.34 Å². The zero-order valence-corrected chi connectivity index (χ0v) is 29.7. The van der Waals surface area contributed by atoms with Crippen LogP contribution in [0.5, 0.6) is 0 Å². The highest BCUT2D eigenvalue weighted by atomic mass is 35.5. The highest BCUT2D eigenvalue weighted by Crippen LogP contribution is 2.32. The molecule has 1 fully saturated rings. The molecule has 0 aromatic rings. The summed E-state index contributed by atoms with van der Waals surface area (Å²) in [5.74, 6) is 0.558. The Morgan fingerprint density at radius 1 is 1.28 bits per heavy atom. The Balaban J connectivity index is 2.06. The summed E-state index contributed by atoms with van der Waals surface area (Å²) < 4.78 is 23.2. The van der Waals surface area contributed by atoms with Crippen LogP contribution in [-0.2, 0) is 23.7 Å². The second-order valence-electron chi connectivity index (χ2n) is 11.8. The summed E-state index contributed by atoms with van der Waals surface area (Å²) in [7, 11) is 3.74. The van der Waals surface area contributed by atoms with Gasteiger partial charge in [-0.3, -0.25) is 4.79 Å². The summed E-state index contributed by atoms with van der Waals surface area (Å²) in [6, 6.07) is 0. The molecule has 1 amide bonds. The molecule has 11 heteroatoms. The molecule has 0 spiro atoms. The number of allylic oxidation sites excluding steroid dienone is 4. The van der Waals surface area contributed by atoms with Gasteiger partial charge in [-0.05, 0) is 59.2 Å². The third-order valence-corrected chi connectivity index (χ3v) is 7.91. The molecular weight excluding hydrogens is 606 g/mol. The number of nitrogens with one attached hydrogen (secondary N) is 2. The van der Waals surface area contributed by atoms with Gasteiger partial charge in [-0.2, -0.15) is 0 Å². The smallest absolute Gasteiger partial charge is 0.238 e. The highest BCUT2D eigenvalue weighted by molar-refractivity contribution is 6.32. The van der Waals surface area contributed by atoms with Gasteiger partial charge in [0.1, 0.15) is 18.7 Å². The van der Waals surface area contributed by atoms with E-state index in [1.807, 2.05) is 38.2 Å². The summed E-state index contributed by atoms with van der Waals surface area (Å²) in [6.07, 6.45) is 16.7. The van der Waals surface area contributed by atoms with Crippen molar-refractivity contribution in [3.63, 3.8) is 0 Å². The van der Waals surface area contributed by atoms with E-state index in [4.69, 9.17) is 30.5 Å². The normalized spacial score (nSPS) is 20.1. The minimum atomic E-state index is -0.438. The molecule has 0 aromatic carbocycles. The fourth-order valence-corrected chi connectivity index (χ4v) is 5.28. The SMILES string of the molecule is CC=CC1C(OC(C)/C=C(Cl)\C(=C/CCC)NC(=O)CNCCC)=NC=N/C1=C/C(=C/OC)OCCCN(C)CC1(CC)COC1. The van der Waals surface area contributed by atoms with Crippen LogP contribution in [0.15, 0.2) is 68.8 Å². The van der Waals surface area contributed by atoms with E-state index < -0.39 is 6.10 Å². The Hall–Kier alpha value is -2.92. The van der Waals surface area contributed by atoms with E-state index in [-0.39, 0.29) is 23.8 Å². The van der Waals surface area contributed by atoms with Crippen LogP contribution in [0.2, 0.25) is 0 Å². The van der Waals surface area contributed by atoms with Crippen LogP contribution in [0.1, 0.15) is 66.7 Å². The maximum atomic E-state index is 12.5. The molecule has 2 aliphatic rings. The van der Waals surface area contributed by atoms with Gasteiger partial charge in [0, 0.05) is 24.6 Å². The number of carbonyl (C=O) groups is 1. The van der Waals surface area contributed by atoms with Crippen molar-refractivity contribution in [3.8, 4) is 0 Å². The number of ether oxygens (including phenoxy) is 4. The van der Waals surface area contributed by atoms with Crippen LogP contribution < -0.4 is 10.6 Å². The first-order valence-corrected chi connectivity index (χ1v) is 16.9. The van der Waals surface area contributed by atoms with Gasteiger partial charge in [0.15, 0.2) is 5.76 Å². The highest BCUT2D eigenvalue weighted by Gasteiger charge is 2.37. The minimum absolute atomic E-state index is 0.144. The van der Waals surface area contributed by atoms with Gasteiger partial charge in [0.05, 0.1) is 55.8 Å². The molecule has 2 aliphatic heterocycles. The van der Waals surface area contributed by atoms with Gasteiger partial charge in [-0.15, -0.1) is 0 Å². The number of hydrogen-bond donors (Lipinski definition) is 2. The third kappa shape index (κ3) is 13.8. The minimum Gasteiger partial charge on any atom is -0.501 e. The molecule has 46 heavy (non-hydrogen) atoms. The molecular formula is C35H56ClN5O5. The zero-order chi connectivity index (χ0) is 33.8. The Morgan fingerprint density at radius 3 is 2.70 bits per heavy atom. The van der Waals surface area contributed by atoms with E-state index in [9.17, 15) is 4.79 Å². The van der Waals surface area contributed by atoms with Gasteiger partial charge in [-0.1, -0.05) is 57.0 Å². The van der Waals surface area contributed by atoms with Crippen LogP contribution >= 0.6 is 11.6 Å². The van der Waals surface area contributed by atoms with Crippen molar-refractivity contribution in [1.29, 1.82) is 0 Å². The first-order valence-electron chi connectivity index (χ1n) is 16.5. The lowest BCUT2D eigenvalue weighted by Crippen LogP contribution is -2.49. The van der Waals surface area contributed by atoms with E-state index in [1.54, 1.807) is 19.4 Å². The van der Waals surface area contributed by atoms with Gasteiger partial charge < -0.3 is 34.5 Å². The van der Waals surface area contributed by atoms with Crippen molar-refractivity contribution in [2.24, 2.45) is 21.3 Å². The van der Waals surface area contributed by atoms with E-state index in [0.717, 1.165) is 65.0 Å². The number of carbonyl (C=O) groups excluding carboxylic acids is 1. The Kier molecular flexibility index (Phi) is 18.6. The first kappa shape index (κ1) is 39.3. The number of nitrogens with zero attached hydrogens (tertiary/aromatic N) is 3. The van der Waals surface area contributed by atoms with Crippen LogP contribution in [0, 0.1) is 11.3 Å². The molecule has 1 saturated heterocycles. The molecule has 2 unspecified atom stereocenters. The Labute approximate surface area is 281 Å². The molecule has 2 atom stereocenters. The van der Waals surface area contributed by atoms with Gasteiger partial charge in [0.25, 0.3) is 0 Å². The lowest BCUT2D eigenvalue weighted by atomic mass is 9.83. The summed E-state index contributed by atoms with van der Waals surface area (Å²) in [5, 5.41) is 6.44. The number of hydrogen-bond acceptors (Lipinski definition) is 9. The van der Waals surface area contributed by atoms with Crippen molar-refractivity contribution in [3.05, 3.63) is 58.8 Å². The van der Waals surface area contributed by atoms with Gasteiger partial charge in [0.2, 0.25) is 11.8 Å². The fourth-order valence-electron chi connectivity index (χ4n) is 4.98. The number of rotatable bonds is 21. The summed E-state index contributed by atoms with van der Waals surface area (Å²) in [6.45, 7) is 15.3. The standard InChI is InChI=1S/C35H56ClN5O5/c1-8-12-15-31(40-33(42)21-37-16-10-3)30(36)19-27(5)46-34-29(14-9-2)32(38-26-39-34)20-28(22-43-7)45-18-13-17-41(6)23-35(11-4)24-44-25-35/h9,14-15,19-20,22,26-27,29,37H,8,10-13,16-18,21,23-25H2,1-7H3,(H,40,42)/b14-9?,28-22-,30-19+,31-15+,32-20+. The van der Waals surface area contributed by atoms with E-state index >= 15 is 0 Å². The number of aliphatic imine (C=N–C) groups is 2. The van der Waals surface area contributed by atoms with Crippen LogP contribution in [-0.4, -0.2) is 89.3 Å². The maximum absolute atomic E-state index is 12.5. The molecule has 10 nitrogen and oxygen atoms in total. The van der Waals surface area contributed by atoms with Gasteiger partial charge in [-0.25, -0.2) is 9.98 Å². The first-order chi connectivity index (χ1) is 22.2. The number of halogens is 1. The zero-order valence-electron chi connectivity index (χ0n) is 28.9. The maximum Gasteiger partial charge on any atom is 0.238 e. The largest absolute Gasteiger partial charge is 0.501 e. The lowest BCUT2D eigenvalue weighted by molar-refractivity contribution is -0.126. The number of unbranched alkanes of at least 4 members (excludes halogenated alkanes) is 1. The molecule has 2 N–H and O–H groups in total. The number of amides is 1. The lowest BCUT2D eigenvalue weighted by Gasteiger charge is -2.43. The Bertz CT molecular complexity index is 1150. The topological polar surface area (TPSA) is 106 Å². The van der Waals surface area contributed by atoms with Crippen molar-refractivity contribution in [2.45, 2.75) is 72.8 Å². The molecule has 2 rings (SSSR count). The molecule has 0 aliphatic carbocycles. The van der Waals surface area contributed by atoms with Gasteiger partial charge >= 0.3 is 0 Å². The summed E-state index contributed by atoms with van der Waals surface area (Å²) in [5.41, 5.74) is 1.56. The molecule has 2 heterocycles. The van der Waals surface area contributed by atoms with Crippen LogP contribution in [0.4, 0.5) is 0 Å². The van der Waals surface area contributed by atoms with Crippen LogP contribution in [0.25, 0.3) is 0 Å². The Morgan fingerprint density at radius 2 is 2.07 bits per heavy atom. The predicted octanol–water partition coefficient (Wildman–Crippen LogP) is 6.08. The van der Waals surface area contributed by atoms with Crippen molar-refractivity contribution >= 4 is 29.7 Å². The average Bonchev–Trinajstić information content (AvgIpc) is 3.00. The molecule has 0 saturated carbocycles. The average molecular weight is 662 g/mol. The number of methoxy groups -OCH3 is 1. The summed E-state index contributed by atoms with van der Waals surface area (Å²) >= 11 is 6.70. The van der Waals surface area contributed by atoms with Crippen molar-refractivity contribution in [2.75, 3.05) is 60.2 Å². The second kappa shape index (κ2) is 21.8. The van der Waals surface area contributed by atoms with E-state index in [2.05, 4.69) is 53.3 Å². The monoisotopic (exact) mass is 661 g/mol. The predicted molar refractivity (Wildman–Crippen MR) is 188 cm³/mol. The third-order valence-electron chi connectivity index (χ3n) is 7.58. The molecule has 258 valence electrons. The molecule has 0 radical (unpaired) electrons. The molecule has 0 bridgehead atoms. The fraction of sp³-hybridized carbons (Fsp3) is 0.629. The molecule has 0 aromatic heterocycles. The summed E-state index contributed by atoms with van der Waals surface area (Å²) in [4.78, 5) is 23.8. The van der Waals surface area contributed by atoms with E-state index in [0.29, 0.717) is 34.7 Å². The second-order valence-corrected chi connectivity index (χ2v) is 12.2.